The van der Waals surface area contributed by atoms with Crippen molar-refractivity contribution in [2.75, 3.05) is 39.6 Å². The Balaban J connectivity index is 0.00000149. The first-order valence-corrected chi connectivity index (χ1v) is 7.68. The zero-order valence-electron chi connectivity index (χ0n) is 13.9. The number of rotatable bonds is 12. The van der Waals surface area contributed by atoms with Crippen molar-refractivity contribution in [3.8, 4) is 5.75 Å². The molecule has 0 aromatic heterocycles. The fraction of sp³-hybridized carbons (Fsp3) is 0.588. The van der Waals surface area contributed by atoms with Crippen LogP contribution in [0.3, 0.4) is 0 Å². The molecule has 23 heavy (non-hydrogen) atoms. The van der Waals surface area contributed by atoms with E-state index in [2.05, 4.69) is 13.8 Å². The Morgan fingerprint density at radius 1 is 0.913 bits per heavy atom. The third-order valence-electron chi connectivity index (χ3n) is 2.82. The summed E-state index contributed by atoms with van der Waals surface area (Å²) in [6.45, 7) is 7.74. The molecule has 1 atom stereocenters. The molecule has 1 aromatic carbocycles. The van der Waals surface area contributed by atoms with Gasteiger partial charge in [-0.3, -0.25) is 0 Å². The highest BCUT2D eigenvalue weighted by Gasteiger charge is 1.97. The highest BCUT2D eigenvalue weighted by molar-refractivity contribution is 5.20. The Morgan fingerprint density at radius 2 is 1.43 bits per heavy atom. The van der Waals surface area contributed by atoms with Crippen molar-refractivity contribution < 1.29 is 28.5 Å². The Labute approximate surface area is 137 Å². The smallest absolute Gasteiger partial charge is 0.373 e. The molecule has 130 valence electrons. The van der Waals surface area contributed by atoms with E-state index in [0.29, 0.717) is 45.7 Å². The lowest BCUT2D eigenvalue weighted by atomic mass is 10.3. The van der Waals surface area contributed by atoms with Gasteiger partial charge in [0.25, 0.3) is 0 Å². The summed E-state index contributed by atoms with van der Waals surface area (Å²) >= 11 is 0. The molecule has 0 amide bonds. The number of carbonyl (C=O) groups excluding carboxylic acids is 2. The van der Waals surface area contributed by atoms with E-state index in [4.69, 9.17) is 28.5 Å². The first-order chi connectivity index (χ1) is 11.2. The number of hydrogen-bond donors (Lipinski definition) is 0. The van der Waals surface area contributed by atoms with Crippen LogP contribution in [0.25, 0.3) is 0 Å². The van der Waals surface area contributed by atoms with E-state index in [1.807, 2.05) is 30.3 Å². The van der Waals surface area contributed by atoms with Gasteiger partial charge in [-0.1, -0.05) is 25.1 Å². The van der Waals surface area contributed by atoms with Gasteiger partial charge in [-0.15, -0.1) is 0 Å². The maximum Gasteiger partial charge on any atom is 0.373 e. The highest BCUT2D eigenvalue weighted by Crippen LogP contribution is 2.07. The van der Waals surface area contributed by atoms with Gasteiger partial charge in [0.2, 0.25) is 0 Å². The first-order valence-electron chi connectivity index (χ1n) is 7.68. The van der Waals surface area contributed by atoms with Gasteiger partial charge in [0.1, 0.15) is 12.4 Å². The second kappa shape index (κ2) is 16.6. The van der Waals surface area contributed by atoms with E-state index in [1.165, 1.54) is 0 Å². The standard InChI is InChI=1S/C16H26O4.CO2/c1-3-15(2)19-13-11-17-9-10-18-12-14-20-16-7-5-4-6-8-16;2-1-3/h4-8,15H,3,9-14H2,1-2H3;. The van der Waals surface area contributed by atoms with E-state index in [1.54, 1.807) is 0 Å². The fourth-order valence-electron chi connectivity index (χ4n) is 1.48. The number of benzene rings is 1. The SMILES string of the molecule is CCC(C)OCCOCCOCCOc1ccccc1.O=C=O. The zero-order valence-corrected chi connectivity index (χ0v) is 13.9. The van der Waals surface area contributed by atoms with Crippen LogP contribution in [0.1, 0.15) is 20.3 Å². The quantitative estimate of drug-likeness (QED) is 0.549. The number of ether oxygens (including phenoxy) is 4. The van der Waals surface area contributed by atoms with Gasteiger partial charge in [0.05, 0.1) is 39.1 Å². The number of hydrogen-bond acceptors (Lipinski definition) is 6. The van der Waals surface area contributed by atoms with Crippen LogP contribution in [0.15, 0.2) is 30.3 Å². The van der Waals surface area contributed by atoms with Crippen molar-refractivity contribution in [3.05, 3.63) is 30.3 Å². The Kier molecular flexibility index (Phi) is 15.4. The molecule has 1 rings (SSSR count). The molecular weight excluding hydrogens is 300 g/mol. The van der Waals surface area contributed by atoms with Crippen molar-refractivity contribution in [2.45, 2.75) is 26.4 Å². The summed E-state index contributed by atoms with van der Waals surface area (Å²) in [5.74, 6) is 0.870. The molecule has 0 aliphatic carbocycles. The molecule has 0 saturated heterocycles. The minimum absolute atomic E-state index is 0.250. The fourth-order valence-corrected chi connectivity index (χ4v) is 1.48. The minimum atomic E-state index is 0.250. The lowest BCUT2D eigenvalue weighted by molar-refractivity contribution is -0.191. The van der Waals surface area contributed by atoms with Gasteiger partial charge in [0, 0.05) is 0 Å². The molecule has 0 aliphatic heterocycles. The first kappa shape index (κ1) is 21.3. The van der Waals surface area contributed by atoms with Crippen LogP contribution in [0, 0.1) is 0 Å². The monoisotopic (exact) mass is 326 g/mol. The van der Waals surface area contributed by atoms with Gasteiger partial charge in [-0.05, 0) is 25.5 Å². The lowest BCUT2D eigenvalue weighted by Crippen LogP contribution is -2.15. The van der Waals surface area contributed by atoms with Crippen LogP contribution in [0.2, 0.25) is 0 Å². The molecule has 1 aromatic rings. The van der Waals surface area contributed by atoms with Crippen molar-refractivity contribution in [1.82, 2.24) is 0 Å². The molecule has 0 aliphatic rings. The van der Waals surface area contributed by atoms with Crippen LogP contribution in [0.5, 0.6) is 5.75 Å². The molecule has 6 heteroatoms. The topological polar surface area (TPSA) is 71.1 Å². The van der Waals surface area contributed by atoms with Gasteiger partial charge < -0.3 is 18.9 Å². The van der Waals surface area contributed by atoms with Gasteiger partial charge in [0.15, 0.2) is 0 Å². The molecule has 0 heterocycles. The molecule has 0 bridgehead atoms. The second-order valence-electron chi connectivity index (χ2n) is 4.56. The van der Waals surface area contributed by atoms with Crippen LogP contribution < -0.4 is 4.74 Å². The summed E-state index contributed by atoms with van der Waals surface area (Å²) in [5.41, 5.74) is 0. The van der Waals surface area contributed by atoms with E-state index in [0.717, 1.165) is 12.2 Å². The van der Waals surface area contributed by atoms with Gasteiger partial charge in [-0.2, -0.15) is 9.59 Å². The maximum atomic E-state index is 8.12. The van der Waals surface area contributed by atoms with E-state index < -0.39 is 0 Å². The van der Waals surface area contributed by atoms with Crippen LogP contribution in [0.4, 0.5) is 0 Å². The predicted octanol–water partition coefficient (Wildman–Crippen LogP) is 2.33. The summed E-state index contributed by atoms with van der Waals surface area (Å²) in [6, 6.07) is 9.73. The molecule has 0 saturated carbocycles. The number of para-hydroxylation sites is 1. The average molecular weight is 326 g/mol. The third kappa shape index (κ3) is 15.0. The second-order valence-corrected chi connectivity index (χ2v) is 4.56. The largest absolute Gasteiger partial charge is 0.491 e. The normalized spacial score (nSPS) is 11.0. The summed E-state index contributed by atoms with van der Waals surface area (Å²) in [5, 5.41) is 0. The Hall–Kier alpha value is -1.72. The highest BCUT2D eigenvalue weighted by atomic mass is 16.6. The van der Waals surface area contributed by atoms with E-state index >= 15 is 0 Å². The molecule has 0 radical (unpaired) electrons. The summed E-state index contributed by atoms with van der Waals surface area (Å²) in [6.07, 6.45) is 1.59. The average Bonchev–Trinajstić information content (AvgIpc) is 2.58. The Bertz CT molecular complexity index is 389. The molecule has 6 nitrogen and oxygen atoms in total. The van der Waals surface area contributed by atoms with Crippen molar-refractivity contribution in [3.63, 3.8) is 0 Å². The maximum absolute atomic E-state index is 8.12. The molecule has 1 unspecified atom stereocenters. The van der Waals surface area contributed by atoms with Crippen LogP contribution in [-0.2, 0) is 23.8 Å². The zero-order chi connectivity index (χ0) is 17.2. The molecular formula is C17H26O6. The minimum Gasteiger partial charge on any atom is -0.491 e. The van der Waals surface area contributed by atoms with E-state index in [9.17, 15) is 0 Å². The predicted molar refractivity (Wildman–Crippen MR) is 84.3 cm³/mol. The summed E-state index contributed by atoms with van der Waals surface area (Å²) < 4.78 is 21.8. The van der Waals surface area contributed by atoms with Gasteiger partial charge in [-0.25, -0.2) is 0 Å². The summed E-state index contributed by atoms with van der Waals surface area (Å²) in [4.78, 5) is 16.2. The van der Waals surface area contributed by atoms with Crippen molar-refractivity contribution >= 4 is 6.15 Å². The molecule has 0 fully saturated rings. The van der Waals surface area contributed by atoms with Crippen molar-refractivity contribution in [1.29, 1.82) is 0 Å². The van der Waals surface area contributed by atoms with Crippen LogP contribution in [-0.4, -0.2) is 51.9 Å². The molecule has 0 N–H and O–H groups in total. The summed E-state index contributed by atoms with van der Waals surface area (Å²) in [7, 11) is 0. The third-order valence-corrected chi connectivity index (χ3v) is 2.82. The van der Waals surface area contributed by atoms with Crippen molar-refractivity contribution in [2.24, 2.45) is 0 Å². The lowest BCUT2D eigenvalue weighted by Gasteiger charge is -2.11. The van der Waals surface area contributed by atoms with Gasteiger partial charge >= 0.3 is 6.15 Å². The van der Waals surface area contributed by atoms with E-state index in [-0.39, 0.29) is 6.15 Å². The Morgan fingerprint density at radius 3 is 2.00 bits per heavy atom. The van der Waals surface area contributed by atoms with Crippen LogP contribution >= 0.6 is 0 Å². The molecule has 0 spiro atoms.